The molecular formula is C11H16O3. The van der Waals surface area contributed by atoms with E-state index in [1.54, 1.807) is 0 Å². The summed E-state index contributed by atoms with van der Waals surface area (Å²) in [5, 5.41) is 0. The highest BCUT2D eigenvalue weighted by Crippen LogP contribution is 2.46. The van der Waals surface area contributed by atoms with Crippen molar-refractivity contribution in [2.24, 2.45) is 17.3 Å². The van der Waals surface area contributed by atoms with Gasteiger partial charge in [-0.1, -0.05) is 13.8 Å². The molecule has 0 bridgehead atoms. The van der Waals surface area contributed by atoms with E-state index in [9.17, 15) is 9.59 Å². The molecule has 2 rings (SSSR count). The van der Waals surface area contributed by atoms with Crippen LogP contribution in [-0.2, 0) is 14.3 Å². The fourth-order valence-corrected chi connectivity index (χ4v) is 2.69. The number of cyclic esters (lactones) is 2. The summed E-state index contributed by atoms with van der Waals surface area (Å²) in [6.45, 7) is 4.43. The van der Waals surface area contributed by atoms with E-state index in [0.29, 0.717) is 17.8 Å². The first-order valence-electron chi connectivity index (χ1n) is 5.22. The van der Waals surface area contributed by atoms with Crippen LogP contribution in [-0.4, -0.2) is 11.9 Å². The Morgan fingerprint density at radius 3 is 2.50 bits per heavy atom. The van der Waals surface area contributed by atoms with Crippen LogP contribution >= 0.6 is 0 Å². The van der Waals surface area contributed by atoms with Crippen LogP contribution in [0.4, 0.5) is 0 Å². The summed E-state index contributed by atoms with van der Waals surface area (Å²) >= 11 is 0. The molecular weight excluding hydrogens is 180 g/mol. The molecule has 1 saturated carbocycles. The fourth-order valence-electron chi connectivity index (χ4n) is 2.69. The maximum Gasteiger partial charge on any atom is 0.317 e. The molecule has 1 saturated heterocycles. The number of hydrogen-bond donors (Lipinski definition) is 0. The Labute approximate surface area is 83.8 Å². The highest BCUT2D eigenvalue weighted by molar-refractivity contribution is 5.94. The summed E-state index contributed by atoms with van der Waals surface area (Å²) < 4.78 is 4.58. The molecule has 2 aliphatic rings. The van der Waals surface area contributed by atoms with E-state index in [4.69, 9.17) is 0 Å². The second-order valence-corrected chi connectivity index (χ2v) is 5.27. The molecule has 0 aromatic rings. The Morgan fingerprint density at radius 1 is 1.36 bits per heavy atom. The molecule has 14 heavy (non-hydrogen) atoms. The van der Waals surface area contributed by atoms with Gasteiger partial charge in [-0.15, -0.1) is 0 Å². The Morgan fingerprint density at radius 2 is 2.07 bits per heavy atom. The normalized spacial score (nSPS) is 36.1. The molecule has 1 aliphatic heterocycles. The van der Waals surface area contributed by atoms with Gasteiger partial charge in [0.15, 0.2) is 0 Å². The average molecular weight is 196 g/mol. The molecule has 0 aromatic carbocycles. The van der Waals surface area contributed by atoms with E-state index in [2.05, 4.69) is 18.6 Å². The van der Waals surface area contributed by atoms with Gasteiger partial charge in [-0.25, -0.2) is 0 Å². The smallest absolute Gasteiger partial charge is 0.317 e. The standard InChI is InChI=1S/C11H16O3/c1-11(2)4-3-7(6-11)8-5-9(12)14-10(8)13/h7-8H,3-6H2,1-2H3. The van der Waals surface area contributed by atoms with Crippen LogP contribution in [0.3, 0.4) is 0 Å². The van der Waals surface area contributed by atoms with E-state index < -0.39 is 0 Å². The van der Waals surface area contributed by atoms with Crippen LogP contribution in [0.2, 0.25) is 0 Å². The van der Waals surface area contributed by atoms with Crippen LogP contribution in [0, 0.1) is 17.3 Å². The zero-order valence-electron chi connectivity index (χ0n) is 8.71. The molecule has 1 aliphatic carbocycles. The first-order chi connectivity index (χ1) is 6.48. The quantitative estimate of drug-likeness (QED) is 0.475. The molecule has 0 radical (unpaired) electrons. The van der Waals surface area contributed by atoms with E-state index in [0.717, 1.165) is 19.3 Å². The lowest BCUT2D eigenvalue weighted by molar-refractivity contribution is -0.153. The summed E-state index contributed by atoms with van der Waals surface area (Å²) in [6, 6.07) is 0. The third-order valence-electron chi connectivity index (χ3n) is 3.48. The molecule has 2 atom stereocenters. The minimum Gasteiger partial charge on any atom is -0.393 e. The molecule has 78 valence electrons. The van der Waals surface area contributed by atoms with Crippen LogP contribution in [0.1, 0.15) is 39.5 Å². The lowest BCUT2D eigenvalue weighted by Crippen LogP contribution is -2.18. The van der Waals surface area contributed by atoms with Gasteiger partial charge in [0.25, 0.3) is 0 Å². The van der Waals surface area contributed by atoms with Crippen molar-refractivity contribution in [2.75, 3.05) is 0 Å². The predicted octanol–water partition coefficient (Wildman–Crippen LogP) is 1.90. The first kappa shape index (κ1) is 9.69. The lowest BCUT2D eigenvalue weighted by atomic mass is 9.85. The lowest BCUT2D eigenvalue weighted by Gasteiger charge is -2.18. The first-order valence-corrected chi connectivity index (χ1v) is 5.22. The highest BCUT2D eigenvalue weighted by Gasteiger charge is 2.44. The maximum absolute atomic E-state index is 11.3. The van der Waals surface area contributed by atoms with Crippen molar-refractivity contribution in [1.29, 1.82) is 0 Å². The summed E-state index contributed by atoms with van der Waals surface area (Å²) in [6.07, 6.45) is 3.55. The van der Waals surface area contributed by atoms with Gasteiger partial charge in [-0.2, -0.15) is 0 Å². The number of carbonyl (C=O) groups is 2. The number of ether oxygens (including phenoxy) is 1. The third kappa shape index (κ3) is 1.68. The molecule has 2 unspecified atom stereocenters. The van der Waals surface area contributed by atoms with Crippen molar-refractivity contribution in [3.8, 4) is 0 Å². The minimum absolute atomic E-state index is 0.149. The number of rotatable bonds is 1. The molecule has 0 aromatic heterocycles. The highest BCUT2D eigenvalue weighted by atomic mass is 16.6. The topological polar surface area (TPSA) is 43.4 Å². The molecule has 2 fully saturated rings. The monoisotopic (exact) mass is 196 g/mol. The Balaban J connectivity index is 2.04. The second-order valence-electron chi connectivity index (χ2n) is 5.27. The van der Waals surface area contributed by atoms with Crippen LogP contribution in [0.5, 0.6) is 0 Å². The van der Waals surface area contributed by atoms with Gasteiger partial charge >= 0.3 is 11.9 Å². The van der Waals surface area contributed by atoms with Gasteiger partial charge < -0.3 is 4.74 Å². The van der Waals surface area contributed by atoms with Crippen molar-refractivity contribution in [2.45, 2.75) is 39.5 Å². The Bertz CT molecular complexity index is 280. The zero-order valence-corrected chi connectivity index (χ0v) is 8.71. The molecule has 3 nitrogen and oxygen atoms in total. The van der Waals surface area contributed by atoms with Gasteiger partial charge in [0.1, 0.15) is 0 Å². The molecule has 0 spiro atoms. The number of carbonyl (C=O) groups excluding carboxylic acids is 2. The molecule has 0 N–H and O–H groups in total. The van der Waals surface area contributed by atoms with E-state index in [-0.39, 0.29) is 17.9 Å². The third-order valence-corrected chi connectivity index (χ3v) is 3.48. The maximum atomic E-state index is 11.3. The largest absolute Gasteiger partial charge is 0.393 e. The predicted molar refractivity (Wildman–Crippen MR) is 50.3 cm³/mol. The van der Waals surface area contributed by atoms with Crippen molar-refractivity contribution in [3.63, 3.8) is 0 Å². The minimum atomic E-state index is -0.343. The van der Waals surface area contributed by atoms with Crippen molar-refractivity contribution in [3.05, 3.63) is 0 Å². The summed E-state index contributed by atoms with van der Waals surface area (Å²) in [5.74, 6) is -0.421. The van der Waals surface area contributed by atoms with Crippen molar-refractivity contribution in [1.82, 2.24) is 0 Å². The number of hydrogen-bond acceptors (Lipinski definition) is 3. The van der Waals surface area contributed by atoms with Crippen LogP contribution in [0.15, 0.2) is 0 Å². The molecule has 3 heteroatoms. The van der Waals surface area contributed by atoms with Crippen LogP contribution in [0.25, 0.3) is 0 Å². The Kier molecular flexibility index (Phi) is 2.13. The van der Waals surface area contributed by atoms with E-state index in [1.807, 2.05) is 0 Å². The van der Waals surface area contributed by atoms with E-state index >= 15 is 0 Å². The molecule has 1 heterocycles. The summed E-state index contributed by atoms with van der Waals surface area (Å²) in [5.41, 5.74) is 0.330. The van der Waals surface area contributed by atoms with Gasteiger partial charge in [0.2, 0.25) is 0 Å². The average Bonchev–Trinajstić information content (AvgIpc) is 2.55. The van der Waals surface area contributed by atoms with Gasteiger partial charge in [0, 0.05) is 0 Å². The van der Waals surface area contributed by atoms with Gasteiger partial charge in [0.05, 0.1) is 12.3 Å². The van der Waals surface area contributed by atoms with E-state index in [1.165, 1.54) is 0 Å². The number of esters is 2. The summed E-state index contributed by atoms with van der Waals surface area (Å²) in [4.78, 5) is 22.3. The Hall–Kier alpha value is -0.860. The fraction of sp³-hybridized carbons (Fsp3) is 0.818. The van der Waals surface area contributed by atoms with Crippen molar-refractivity contribution < 1.29 is 14.3 Å². The second kappa shape index (κ2) is 3.07. The zero-order chi connectivity index (χ0) is 10.3. The van der Waals surface area contributed by atoms with Gasteiger partial charge in [-0.05, 0) is 30.6 Å². The van der Waals surface area contributed by atoms with Gasteiger partial charge in [-0.3, -0.25) is 9.59 Å². The molecule has 0 amide bonds. The SMILES string of the molecule is CC1(C)CCC(C2CC(=O)OC2=O)C1. The summed E-state index contributed by atoms with van der Waals surface area (Å²) in [7, 11) is 0. The van der Waals surface area contributed by atoms with Crippen molar-refractivity contribution >= 4 is 11.9 Å². The van der Waals surface area contributed by atoms with Crippen LogP contribution < -0.4 is 0 Å².